The first-order valence-electron chi connectivity index (χ1n) is 51.3. The molecule has 4 nitrogen and oxygen atoms in total. The highest BCUT2D eigenvalue weighted by molar-refractivity contribution is 7.00. The second-order valence-electron chi connectivity index (χ2n) is 46.2. The predicted molar refractivity (Wildman–Crippen MR) is 546 cm³/mol. The van der Waals surface area contributed by atoms with Crippen LogP contribution in [-0.2, 0) is 54.7 Å². The van der Waals surface area contributed by atoms with Crippen LogP contribution in [0.25, 0.3) is 99.5 Å². The Morgan fingerprint density at radius 1 is 0.272 bits per heavy atom. The van der Waals surface area contributed by atoms with Gasteiger partial charge in [0, 0.05) is 72.3 Å². The third kappa shape index (κ3) is 17.4. The fraction of sp³-hybridized carbons (Fsp3) is 0.350. The Labute approximate surface area is 766 Å². The van der Waals surface area contributed by atoms with Crippen molar-refractivity contribution in [2.75, 3.05) is 9.80 Å². The first kappa shape index (κ1) is 72.3. The molecule has 2 aliphatic heterocycles. The zero-order valence-electron chi connectivity index (χ0n) is 91.3. The van der Waals surface area contributed by atoms with Gasteiger partial charge >= 0.3 is 0 Å². The first-order valence-corrected chi connectivity index (χ1v) is 45.3. The van der Waals surface area contributed by atoms with E-state index in [1.54, 1.807) is 0 Å². The van der Waals surface area contributed by atoms with Crippen molar-refractivity contribution in [3.63, 3.8) is 0 Å². The Morgan fingerprint density at radius 2 is 0.600 bits per heavy atom. The van der Waals surface area contributed by atoms with E-state index < -0.39 is 35.7 Å². The van der Waals surface area contributed by atoms with E-state index in [1.165, 1.54) is 0 Å². The molecule has 4 heterocycles. The number of rotatable bonds is 14. The van der Waals surface area contributed by atoms with Crippen molar-refractivity contribution in [1.29, 1.82) is 0 Å². The van der Waals surface area contributed by atoms with Crippen LogP contribution in [0.3, 0.4) is 0 Å². The molecule has 2 aromatic heterocycles. The van der Waals surface area contributed by atoms with Crippen molar-refractivity contribution in [2.45, 2.75) is 242 Å². The number of fused-ring (bicyclic) bond motifs is 10. The summed E-state index contributed by atoms with van der Waals surface area (Å²) in [6, 6.07) is 72.4. The maximum Gasteiger partial charge on any atom is 0.252 e. The normalized spacial score (nSPS) is 15.3. The van der Waals surface area contributed by atoms with Crippen LogP contribution in [0.1, 0.15) is 253 Å². The van der Waals surface area contributed by atoms with Crippen molar-refractivity contribution in [3.05, 3.63) is 305 Å². The van der Waals surface area contributed by atoms with Gasteiger partial charge in [0.1, 0.15) is 0 Å². The van der Waals surface area contributed by atoms with Crippen molar-refractivity contribution < 1.29 is 16.4 Å². The molecule has 125 heavy (non-hydrogen) atoms. The van der Waals surface area contributed by atoms with Crippen LogP contribution in [0, 0.1) is 32.5 Å². The number of nitrogens with zero attached hydrogens (tertiary/aromatic N) is 4. The van der Waals surface area contributed by atoms with E-state index in [1.807, 2.05) is 50.7 Å². The molecule has 0 bridgehead atoms. The van der Waals surface area contributed by atoms with Crippen molar-refractivity contribution in [3.8, 4) is 55.9 Å². The average molecular weight is 1660 g/mol. The number of hydrogen-bond acceptors (Lipinski definition) is 2. The Kier molecular flexibility index (Phi) is 17.9. The summed E-state index contributed by atoms with van der Waals surface area (Å²) < 4.78 is 126. The summed E-state index contributed by atoms with van der Waals surface area (Å²) in [5.74, 6) is 0. The first-order chi connectivity index (χ1) is 63.4. The molecule has 0 spiro atoms. The largest absolute Gasteiger partial charge is 0.311 e. The maximum absolute atomic E-state index is 10.8. The molecule has 0 radical (unpaired) electrons. The van der Waals surface area contributed by atoms with Crippen molar-refractivity contribution in [1.82, 2.24) is 9.13 Å². The van der Waals surface area contributed by atoms with Gasteiger partial charge in [0.05, 0.1) is 44.4 Å². The molecule has 0 amide bonds. The summed E-state index contributed by atoms with van der Waals surface area (Å²) in [5, 5.41) is 2.19. The van der Waals surface area contributed by atoms with Gasteiger partial charge in [-0.25, -0.2) is 0 Å². The second-order valence-corrected chi connectivity index (χ2v) is 46.2. The Balaban J connectivity index is 1.12. The minimum absolute atomic E-state index is 0.109. The van der Waals surface area contributed by atoms with E-state index in [0.29, 0.717) is 66.1 Å². The van der Waals surface area contributed by atoms with Gasteiger partial charge in [0.25, 0.3) is 6.71 Å². The molecular formula is C120H135BN4. The minimum Gasteiger partial charge on any atom is -0.311 e. The van der Waals surface area contributed by atoms with Gasteiger partial charge in [0.2, 0.25) is 0 Å². The van der Waals surface area contributed by atoms with E-state index >= 15 is 0 Å². The number of anilines is 6. The quantitative estimate of drug-likeness (QED) is 0.101. The van der Waals surface area contributed by atoms with Gasteiger partial charge in [-0.2, -0.15) is 0 Å². The fourth-order valence-corrected chi connectivity index (χ4v) is 19.5. The highest BCUT2D eigenvalue weighted by Crippen LogP contribution is 2.55. The summed E-state index contributed by atoms with van der Waals surface area (Å²) in [6.07, 6.45) is -0.947. The van der Waals surface area contributed by atoms with Crippen LogP contribution in [0.4, 0.5) is 34.1 Å². The monoisotopic (exact) mass is 1660 g/mol. The van der Waals surface area contributed by atoms with Crippen molar-refractivity contribution in [2.24, 2.45) is 32.5 Å². The highest BCUT2D eigenvalue weighted by atomic mass is 15.2. The fourth-order valence-electron chi connectivity index (χ4n) is 19.5. The van der Waals surface area contributed by atoms with E-state index in [-0.39, 0.29) is 80.8 Å². The SMILES string of the molecule is [2H]c1c([2H])c([2H])c2c(c1[2H])c1cc(C(C)(C)C)ccc1n2-c1ccc2c(c1)N(c1cc(-c3cccc(CC(C)(C)C)c3)c(C([2H])([2H])C(C)(C)C)cc1-c1cccc(CC(C)(C)C)c1)c1cc(C(C)(C)C)cc3c1B2c1ccc(-n2c4ccc(C(C)(C)C)cc4c4c([2H])c([2H])c([2H])c([2H])c42)cc1N3c1cc(-c2cccc(CC(C)(C)C)c2)c(C([2H])([2H])C(C)(C)C)cc1-c1cccc(CC(C)(C)C)c1. The van der Waals surface area contributed by atoms with E-state index in [9.17, 15) is 16.4 Å². The topological polar surface area (TPSA) is 16.3 Å². The third-order valence-corrected chi connectivity index (χ3v) is 24.6. The smallest absolute Gasteiger partial charge is 0.252 e. The summed E-state index contributed by atoms with van der Waals surface area (Å²) in [4.78, 5) is 4.90. The highest BCUT2D eigenvalue weighted by Gasteiger charge is 2.46. The molecule has 0 atom stereocenters. The van der Waals surface area contributed by atoms with Crippen LogP contribution >= 0.6 is 0 Å². The second kappa shape index (κ2) is 31.0. The average Bonchev–Trinajstić information content (AvgIpc) is 1.53. The Hall–Kier alpha value is -10.9. The molecule has 0 N–H and O–H groups in total. The number of aromatic nitrogens is 2. The molecule has 0 saturated heterocycles. The van der Waals surface area contributed by atoms with Crippen LogP contribution < -0.4 is 26.2 Å². The standard InChI is InChI=1S/C120H135BN4/c1-112(2,3)70-76-36-32-40-80(56-76)93-68-105(95(60-84(93)74-116(13,14)15)82-42-34-38-78(58-82)72-114(7,8)9)124-107-66-89(122-101-46-30-28-44-91(101)97-62-86(118(19,20)21)48-54-103(97)122)50-52-99(107)121-100-53-51-90(123-102-47-31-29-45-92(102)98-63-87(119(22,23)24)49-55-104(98)123)67-108(100)125(110-65-88(120(25,26)27)64-109(124)111(110)121)106-69-94(81-41-33-37-77(57-81)71-113(4,5)6)85(75-117(16,17)18)61-96(106)83-43-35-39-79(59-83)73-115(10,11)12/h28-69H,70-75H2,1-27H3/i28D,29D,30D,31D,44D,45D,46D,47D,74D2,75D2. The van der Waals surface area contributed by atoms with Gasteiger partial charge in [0.15, 0.2) is 0 Å². The lowest BCUT2D eigenvalue weighted by molar-refractivity contribution is 0.410. The van der Waals surface area contributed by atoms with E-state index in [2.05, 4.69) is 361 Å². The van der Waals surface area contributed by atoms with Gasteiger partial charge in [-0.05, 0) is 284 Å². The zero-order valence-corrected chi connectivity index (χ0v) is 79.3. The van der Waals surface area contributed by atoms with E-state index in [4.69, 9.17) is 0 Å². The maximum atomic E-state index is 10.8. The lowest BCUT2D eigenvalue weighted by Crippen LogP contribution is -2.61. The lowest BCUT2D eigenvalue weighted by atomic mass is 9.33. The van der Waals surface area contributed by atoms with Crippen LogP contribution in [-0.4, -0.2) is 15.8 Å². The molecule has 0 unspecified atom stereocenters. The number of para-hydroxylation sites is 2. The van der Waals surface area contributed by atoms with Gasteiger partial charge in [-0.1, -0.05) is 345 Å². The third-order valence-electron chi connectivity index (χ3n) is 24.6. The van der Waals surface area contributed by atoms with Crippen LogP contribution in [0.5, 0.6) is 0 Å². The van der Waals surface area contributed by atoms with Crippen LogP contribution in [0.2, 0.25) is 0 Å². The molecule has 0 aliphatic carbocycles. The van der Waals surface area contributed by atoms with Gasteiger partial charge in [-0.3, -0.25) is 0 Å². The predicted octanol–water partition coefficient (Wildman–Crippen LogP) is 32.1. The van der Waals surface area contributed by atoms with E-state index in [0.717, 1.165) is 160 Å². The molecule has 5 heteroatoms. The summed E-state index contributed by atoms with van der Waals surface area (Å²) in [6.45, 7) is 58.1. The molecular weight excluding hydrogens is 1510 g/mol. The molecule has 2 aliphatic rings. The van der Waals surface area contributed by atoms with Crippen molar-refractivity contribution >= 4 is 101 Å². The van der Waals surface area contributed by atoms with Gasteiger partial charge < -0.3 is 18.9 Å². The lowest BCUT2D eigenvalue weighted by Gasteiger charge is -2.46. The molecule has 15 aromatic rings. The summed E-state index contributed by atoms with van der Waals surface area (Å²) >= 11 is 0. The molecule has 0 fully saturated rings. The Bertz CT molecular complexity index is 7030. The van der Waals surface area contributed by atoms with Crippen LogP contribution in [0.15, 0.2) is 255 Å². The summed E-state index contributed by atoms with van der Waals surface area (Å²) in [7, 11) is 0. The minimum atomic E-state index is -1.97. The molecule has 638 valence electrons. The molecule has 0 saturated carbocycles. The zero-order chi connectivity index (χ0) is 99.7. The Morgan fingerprint density at radius 3 is 0.920 bits per heavy atom. The van der Waals surface area contributed by atoms with Gasteiger partial charge in [-0.15, -0.1) is 0 Å². The summed E-state index contributed by atoms with van der Waals surface area (Å²) in [5.41, 5.74) is 21.9. The molecule has 13 aromatic carbocycles. The molecule has 17 rings (SSSR count). The number of hydrogen-bond donors (Lipinski definition) is 0. The number of benzene rings is 13.